The van der Waals surface area contributed by atoms with Gasteiger partial charge >= 0.3 is 0 Å². The van der Waals surface area contributed by atoms with Gasteiger partial charge in [-0.2, -0.15) is 0 Å². The van der Waals surface area contributed by atoms with E-state index in [0.29, 0.717) is 12.0 Å². The molecule has 0 amide bonds. The first-order valence-electron chi connectivity index (χ1n) is 6.53. The Hall–Kier alpha value is -0.820. The van der Waals surface area contributed by atoms with Crippen LogP contribution in [0.3, 0.4) is 0 Å². The fourth-order valence-electron chi connectivity index (χ4n) is 2.37. The van der Waals surface area contributed by atoms with E-state index >= 15 is 0 Å². The fourth-order valence-corrected chi connectivity index (χ4v) is 2.37. The smallest absolute Gasteiger partial charge is 0.0346 e. The zero-order valence-corrected chi connectivity index (χ0v) is 10.7. The van der Waals surface area contributed by atoms with E-state index in [4.69, 9.17) is 0 Å². The third-order valence-corrected chi connectivity index (χ3v) is 3.88. The quantitative estimate of drug-likeness (QED) is 0.789. The Morgan fingerprint density at radius 3 is 2.19 bits per heavy atom. The molecule has 2 unspecified atom stereocenters. The molecule has 1 aromatic rings. The number of nitrogens with one attached hydrogen (secondary N) is 1. The van der Waals surface area contributed by atoms with Gasteiger partial charge in [-0.25, -0.2) is 0 Å². The minimum Gasteiger partial charge on any atom is -0.313 e. The molecular formula is C15H23N. The molecule has 1 aliphatic carbocycles. The summed E-state index contributed by atoms with van der Waals surface area (Å²) >= 11 is 0. The number of rotatable bonds is 5. The highest BCUT2D eigenvalue weighted by molar-refractivity contribution is 5.28. The molecule has 88 valence electrons. The Bertz CT molecular complexity index is 324. The summed E-state index contributed by atoms with van der Waals surface area (Å²) in [7, 11) is 2.07. The first kappa shape index (κ1) is 11.7. The molecule has 1 N–H and O–H groups in total. The molecule has 2 rings (SSSR count). The van der Waals surface area contributed by atoms with Gasteiger partial charge in [-0.1, -0.05) is 38.1 Å². The maximum atomic E-state index is 3.44. The minimum absolute atomic E-state index is 0.575. The Kier molecular flexibility index (Phi) is 3.65. The highest BCUT2D eigenvalue weighted by atomic mass is 14.9. The van der Waals surface area contributed by atoms with Gasteiger partial charge in [0.1, 0.15) is 0 Å². The van der Waals surface area contributed by atoms with E-state index < -0.39 is 0 Å². The molecule has 1 fully saturated rings. The summed E-state index contributed by atoms with van der Waals surface area (Å²) in [4.78, 5) is 0. The lowest BCUT2D eigenvalue weighted by Crippen LogP contribution is -2.18. The molecule has 0 aromatic heterocycles. The predicted molar refractivity (Wildman–Crippen MR) is 69.7 cm³/mol. The maximum Gasteiger partial charge on any atom is 0.0346 e. The second-order valence-electron chi connectivity index (χ2n) is 5.08. The molecule has 1 heteroatoms. The summed E-state index contributed by atoms with van der Waals surface area (Å²) in [5.41, 5.74) is 2.92. The van der Waals surface area contributed by atoms with Gasteiger partial charge in [0.2, 0.25) is 0 Å². The molecule has 0 heterocycles. The van der Waals surface area contributed by atoms with Crippen LogP contribution in [-0.2, 0) is 0 Å². The third kappa shape index (κ3) is 2.46. The van der Waals surface area contributed by atoms with Crippen molar-refractivity contribution in [3.05, 3.63) is 35.4 Å². The van der Waals surface area contributed by atoms with Gasteiger partial charge < -0.3 is 5.32 Å². The predicted octanol–water partition coefficient (Wildman–Crippen LogP) is 3.87. The van der Waals surface area contributed by atoms with Crippen molar-refractivity contribution < 1.29 is 0 Å². The lowest BCUT2D eigenvalue weighted by molar-refractivity contribution is 0.528. The van der Waals surface area contributed by atoms with Gasteiger partial charge in [-0.05, 0) is 49.3 Å². The van der Waals surface area contributed by atoms with Crippen LogP contribution < -0.4 is 5.32 Å². The SMILES string of the molecule is CCC(C)c1ccc(C(NC)C2CC2)cc1. The number of hydrogen-bond donors (Lipinski definition) is 1. The molecular weight excluding hydrogens is 194 g/mol. The largest absolute Gasteiger partial charge is 0.313 e. The van der Waals surface area contributed by atoms with Crippen molar-refractivity contribution in [1.29, 1.82) is 0 Å². The maximum absolute atomic E-state index is 3.44. The van der Waals surface area contributed by atoms with Crippen molar-refractivity contribution in [2.24, 2.45) is 5.92 Å². The zero-order valence-electron chi connectivity index (χ0n) is 10.7. The van der Waals surface area contributed by atoms with Crippen molar-refractivity contribution >= 4 is 0 Å². The van der Waals surface area contributed by atoms with Crippen LogP contribution in [0, 0.1) is 5.92 Å². The Labute approximate surface area is 99.3 Å². The number of hydrogen-bond acceptors (Lipinski definition) is 1. The highest BCUT2D eigenvalue weighted by Gasteiger charge is 2.30. The Morgan fingerprint density at radius 2 is 1.75 bits per heavy atom. The average Bonchev–Trinajstić information content (AvgIpc) is 3.14. The van der Waals surface area contributed by atoms with Gasteiger partial charge in [0.25, 0.3) is 0 Å². The van der Waals surface area contributed by atoms with Crippen LogP contribution in [0.4, 0.5) is 0 Å². The second kappa shape index (κ2) is 5.01. The van der Waals surface area contributed by atoms with Gasteiger partial charge in [0.15, 0.2) is 0 Å². The van der Waals surface area contributed by atoms with Crippen LogP contribution in [0.5, 0.6) is 0 Å². The van der Waals surface area contributed by atoms with Crippen molar-refractivity contribution in [1.82, 2.24) is 5.32 Å². The van der Waals surface area contributed by atoms with Crippen LogP contribution in [0.25, 0.3) is 0 Å². The number of benzene rings is 1. The molecule has 0 bridgehead atoms. The van der Waals surface area contributed by atoms with E-state index in [9.17, 15) is 0 Å². The normalized spacial score (nSPS) is 19.4. The van der Waals surface area contributed by atoms with Crippen LogP contribution in [0.15, 0.2) is 24.3 Å². The first-order valence-corrected chi connectivity index (χ1v) is 6.53. The van der Waals surface area contributed by atoms with Gasteiger partial charge in [0, 0.05) is 6.04 Å². The zero-order chi connectivity index (χ0) is 11.5. The van der Waals surface area contributed by atoms with Gasteiger partial charge in [-0.3, -0.25) is 0 Å². The molecule has 1 saturated carbocycles. The topological polar surface area (TPSA) is 12.0 Å². The summed E-state index contributed by atoms with van der Waals surface area (Å²) in [6.07, 6.45) is 3.99. The summed E-state index contributed by atoms with van der Waals surface area (Å²) in [6, 6.07) is 9.79. The summed E-state index contributed by atoms with van der Waals surface area (Å²) in [5.74, 6) is 1.56. The molecule has 0 spiro atoms. The first-order chi connectivity index (χ1) is 7.76. The van der Waals surface area contributed by atoms with Gasteiger partial charge in [-0.15, -0.1) is 0 Å². The molecule has 0 aliphatic heterocycles. The lowest BCUT2D eigenvalue weighted by atomic mass is 9.95. The summed E-state index contributed by atoms with van der Waals surface area (Å²) in [5, 5.41) is 3.44. The van der Waals surface area contributed by atoms with Crippen LogP contribution in [0.2, 0.25) is 0 Å². The van der Waals surface area contributed by atoms with Crippen molar-refractivity contribution in [2.45, 2.75) is 45.1 Å². The van der Waals surface area contributed by atoms with E-state index in [2.05, 4.69) is 50.5 Å². The molecule has 1 aliphatic rings. The molecule has 0 radical (unpaired) electrons. The Morgan fingerprint density at radius 1 is 1.19 bits per heavy atom. The molecule has 1 nitrogen and oxygen atoms in total. The van der Waals surface area contributed by atoms with Gasteiger partial charge in [0.05, 0.1) is 0 Å². The molecule has 16 heavy (non-hydrogen) atoms. The highest BCUT2D eigenvalue weighted by Crippen LogP contribution is 2.40. The van der Waals surface area contributed by atoms with Crippen molar-refractivity contribution in [2.75, 3.05) is 7.05 Å². The molecule has 0 saturated heterocycles. The fraction of sp³-hybridized carbons (Fsp3) is 0.600. The van der Waals surface area contributed by atoms with Crippen LogP contribution in [0.1, 0.15) is 56.2 Å². The summed E-state index contributed by atoms with van der Waals surface area (Å²) in [6.45, 7) is 4.55. The minimum atomic E-state index is 0.575. The lowest BCUT2D eigenvalue weighted by Gasteiger charge is -2.17. The van der Waals surface area contributed by atoms with Crippen LogP contribution in [-0.4, -0.2) is 7.05 Å². The standard InChI is InChI=1S/C15H23N/c1-4-11(2)12-5-7-13(8-6-12)15(16-3)14-9-10-14/h5-8,11,14-16H,4,9-10H2,1-3H3. The van der Waals surface area contributed by atoms with E-state index in [0.717, 1.165) is 5.92 Å². The average molecular weight is 217 g/mol. The van der Waals surface area contributed by atoms with E-state index in [-0.39, 0.29) is 0 Å². The molecule has 2 atom stereocenters. The Balaban J connectivity index is 2.11. The third-order valence-electron chi connectivity index (χ3n) is 3.88. The van der Waals surface area contributed by atoms with Crippen molar-refractivity contribution in [3.8, 4) is 0 Å². The second-order valence-corrected chi connectivity index (χ2v) is 5.08. The summed E-state index contributed by atoms with van der Waals surface area (Å²) < 4.78 is 0. The van der Waals surface area contributed by atoms with E-state index in [1.807, 2.05) is 0 Å². The van der Waals surface area contributed by atoms with Crippen LogP contribution >= 0.6 is 0 Å². The monoisotopic (exact) mass is 217 g/mol. The van der Waals surface area contributed by atoms with Crippen molar-refractivity contribution in [3.63, 3.8) is 0 Å². The van der Waals surface area contributed by atoms with E-state index in [1.165, 1.54) is 30.4 Å². The van der Waals surface area contributed by atoms with E-state index in [1.54, 1.807) is 0 Å². The molecule has 1 aromatic carbocycles.